The normalized spacial score (nSPS) is 18.9. The number of aromatic nitrogens is 2. The van der Waals surface area contributed by atoms with Crippen LogP contribution in [0.4, 0.5) is 17.3 Å². The number of piperidine rings is 1. The summed E-state index contributed by atoms with van der Waals surface area (Å²) in [5.41, 5.74) is 2.54. The van der Waals surface area contributed by atoms with Gasteiger partial charge in [-0.05, 0) is 55.9 Å². The summed E-state index contributed by atoms with van der Waals surface area (Å²) < 4.78 is 6.18. The molecule has 0 amide bonds. The second kappa shape index (κ2) is 10.5. The topological polar surface area (TPSA) is 74.9 Å². The molecule has 3 heterocycles. The Hall–Kier alpha value is -2.63. The van der Waals surface area contributed by atoms with Crippen molar-refractivity contribution in [3.05, 3.63) is 64.0 Å². The van der Waals surface area contributed by atoms with E-state index in [4.69, 9.17) is 22.9 Å². The average molecular weight is 514 g/mol. The van der Waals surface area contributed by atoms with Gasteiger partial charge in [0, 0.05) is 35.4 Å². The highest BCUT2D eigenvalue weighted by Crippen LogP contribution is 2.41. The quantitative estimate of drug-likeness (QED) is 0.427. The molecule has 2 aliphatic heterocycles. The van der Waals surface area contributed by atoms with Gasteiger partial charge in [0.1, 0.15) is 0 Å². The number of aliphatic hydroxyl groups excluding tert-OH is 1. The molecule has 35 heavy (non-hydrogen) atoms. The first-order chi connectivity index (χ1) is 16.5. The molecular formula is C26H29Cl2N5O2. The van der Waals surface area contributed by atoms with Crippen LogP contribution in [0.15, 0.2) is 36.4 Å². The van der Waals surface area contributed by atoms with Gasteiger partial charge in [-0.15, -0.1) is 22.6 Å². The minimum Gasteiger partial charge on any atom is -0.394 e. The van der Waals surface area contributed by atoms with E-state index in [-0.39, 0.29) is 30.7 Å². The highest BCUT2D eigenvalue weighted by molar-refractivity contribution is 6.31. The van der Waals surface area contributed by atoms with Crippen LogP contribution in [0.2, 0.25) is 5.02 Å². The highest BCUT2D eigenvalue weighted by Gasteiger charge is 2.42. The molecule has 1 aromatic heterocycles. The molecular weight excluding hydrogens is 485 g/mol. The first-order valence-corrected chi connectivity index (χ1v) is 12.1. The zero-order valence-corrected chi connectivity index (χ0v) is 21.2. The third-order valence-corrected chi connectivity index (χ3v) is 7.49. The summed E-state index contributed by atoms with van der Waals surface area (Å²) in [5, 5.41) is 24.6. The van der Waals surface area contributed by atoms with Gasteiger partial charge in [-0.2, -0.15) is 0 Å². The summed E-state index contributed by atoms with van der Waals surface area (Å²) in [5.74, 6) is 1.49. The average Bonchev–Trinajstić information content (AvgIpc) is 3.27. The van der Waals surface area contributed by atoms with Gasteiger partial charge in [-0.3, -0.25) is 0 Å². The second-order valence-corrected chi connectivity index (χ2v) is 9.69. The van der Waals surface area contributed by atoms with Crippen molar-refractivity contribution in [1.29, 1.82) is 0 Å². The molecule has 2 aliphatic rings. The molecule has 0 saturated carbocycles. The van der Waals surface area contributed by atoms with Crippen LogP contribution in [0.1, 0.15) is 36.8 Å². The lowest BCUT2D eigenvalue weighted by molar-refractivity contribution is -0.0713. The standard InChI is InChI=1S/C26H28ClN5O2.ClH/c1-17-3-4-18(13-23(17)27)15-29-24-22-14-19(28-2)5-6-21(22)25(31-30-24)32-11-9-26(10-12-32)8-7-20(16-33)34-26;/h3-6,13-14,20,33H,7-12,15-16H2,1H3,(H,29,30);1H/t20-;/m1./s1. The number of hydrogen-bond donors (Lipinski definition) is 2. The van der Waals surface area contributed by atoms with E-state index in [2.05, 4.69) is 25.3 Å². The van der Waals surface area contributed by atoms with Crippen LogP contribution >= 0.6 is 24.0 Å². The van der Waals surface area contributed by atoms with Crippen LogP contribution in [0.25, 0.3) is 15.6 Å². The number of aryl methyl sites for hydroxylation is 1. The number of rotatable bonds is 5. The molecule has 0 radical (unpaired) electrons. The molecule has 2 N–H and O–H groups in total. The minimum atomic E-state index is -0.124. The van der Waals surface area contributed by atoms with E-state index < -0.39 is 0 Å². The van der Waals surface area contributed by atoms with E-state index in [0.717, 1.165) is 71.5 Å². The second-order valence-electron chi connectivity index (χ2n) is 9.28. The molecule has 9 heteroatoms. The molecule has 0 aliphatic carbocycles. The van der Waals surface area contributed by atoms with Gasteiger partial charge in [-0.25, -0.2) is 4.85 Å². The fourth-order valence-electron chi connectivity index (χ4n) is 5.01. The summed E-state index contributed by atoms with van der Waals surface area (Å²) in [6.45, 7) is 11.7. The van der Waals surface area contributed by atoms with Crippen molar-refractivity contribution in [3.63, 3.8) is 0 Å². The van der Waals surface area contributed by atoms with Crippen molar-refractivity contribution in [1.82, 2.24) is 10.2 Å². The summed E-state index contributed by atoms with van der Waals surface area (Å²) in [7, 11) is 0. The van der Waals surface area contributed by atoms with Crippen molar-refractivity contribution in [2.45, 2.75) is 50.9 Å². The van der Waals surface area contributed by atoms with Crippen molar-refractivity contribution in [2.24, 2.45) is 0 Å². The van der Waals surface area contributed by atoms with E-state index in [1.165, 1.54) is 0 Å². The molecule has 2 aromatic carbocycles. The number of nitrogens with one attached hydrogen (secondary N) is 1. The molecule has 1 spiro atoms. The maximum absolute atomic E-state index is 9.45. The van der Waals surface area contributed by atoms with Gasteiger partial charge in [0.2, 0.25) is 0 Å². The predicted molar refractivity (Wildman–Crippen MR) is 142 cm³/mol. The highest BCUT2D eigenvalue weighted by atomic mass is 35.5. The summed E-state index contributed by atoms with van der Waals surface area (Å²) in [4.78, 5) is 5.87. The van der Waals surface area contributed by atoms with Crippen LogP contribution in [0.3, 0.4) is 0 Å². The van der Waals surface area contributed by atoms with Crippen molar-refractivity contribution in [2.75, 3.05) is 29.9 Å². The Morgan fingerprint density at radius 2 is 1.97 bits per heavy atom. The molecule has 184 valence electrons. The lowest BCUT2D eigenvalue weighted by Gasteiger charge is -2.39. The third kappa shape index (κ3) is 5.17. The van der Waals surface area contributed by atoms with Gasteiger partial charge >= 0.3 is 0 Å². The van der Waals surface area contributed by atoms with Gasteiger partial charge in [-0.1, -0.05) is 35.9 Å². The fraction of sp³-hybridized carbons (Fsp3) is 0.423. The third-order valence-electron chi connectivity index (χ3n) is 7.09. The number of hydrogen-bond acceptors (Lipinski definition) is 6. The Bertz CT molecular complexity index is 1250. The van der Waals surface area contributed by atoms with E-state index in [9.17, 15) is 5.11 Å². The van der Waals surface area contributed by atoms with Gasteiger partial charge in [0.05, 0.1) is 24.9 Å². The minimum absolute atomic E-state index is 0. The van der Waals surface area contributed by atoms with Crippen LogP contribution in [0.5, 0.6) is 0 Å². The fourth-order valence-corrected chi connectivity index (χ4v) is 5.22. The van der Waals surface area contributed by atoms with Crippen molar-refractivity contribution >= 4 is 52.1 Å². The lowest BCUT2D eigenvalue weighted by atomic mass is 9.88. The number of benzene rings is 2. The Labute approximate surface area is 216 Å². The lowest BCUT2D eigenvalue weighted by Crippen LogP contribution is -2.45. The first-order valence-electron chi connectivity index (χ1n) is 11.7. The molecule has 0 bridgehead atoms. The number of nitrogens with zero attached hydrogens (tertiary/aromatic N) is 4. The van der Waals surface area contributed by atoms with E-state index in [1.54, 1.807) is 0 Å². The largest absolute Gasteiger partial charge is 0.394 e. The Morgan fingerprint density at radius 1 is 1.17 bits per heavy atom. The first kappa shape index (κ1) is 25.5. The number of anilines is 2. The van der Waals surface area contributed by atoms with Gasteiger partial charge in [0.25, 0.3) is 0 Å². The van der Waals surface area contributed by atoms with Crippen molar-refractivity contribution < 1.29 is 9.84 Å². The summed E-state index contributed by atoms with van der Waals surface area (Å²) >= 11 is 6.28. The maximum atomic E-state index is 9.45. The molecule has 2 saturated heterocycles. The van der Waals surface area contributed by atoms with Crippen LogP contribution in [0, 0.1) is 13.5 Å². The maximum Gasteiger partial charge on any atom is 0.188 e. The van der Waals surface area contributed by atoms with Crippen LogP contribution in [-0.2, 0) is 11.3 Å². The zero-order chi connectivity index (χ0) is 23.7. The van der Waals surface area contributed by atoms with Crippen molar-refractivity contribution in [3.8, 4) is 0 Å². The zero-order valence-electron chi connectivity index (χ0n) is 19.6. The monoisotopic (exact) mass is 513 g/mol. The number of aliphatic hydroxyl groups is 1. The Morgan fingerprint density at radius 3 is 2.66 bits per heavy atom. The molecule has 7 nitrogen and oxygen atoms in total. The van der Waals surface area contributed by atoms with Crippen LogP contribution in [-0.4, -0.2) is 46.7 Å². The molecule has 0 unspecified atom stereocenters. The number of ether oxygens (including phenoxy) is 1. The number of halogens is 2. The number of fused-ring (bicyclic) bond motifs is 1. The molecule has 1 atom stereocenters. The summed E-state index contributed by atoms with van der Waals surface area (Å²) in [6, 6.07) is 11.7. The summed E-state index contributed by atoms with van der Waals surface area (Å²) in [6.07, 6.45) is 3.69. The Balaban J connectivity index is 0.00000289. The SMILES string of the molecule is Cl.[C-]#[N+]c1ccc2c(N3CCC4(CC[C@H](CO)O4)CC3)nnc(NCc3ccc(C)c(Cl)c3)c2c1. The van der Waals surface area contributed by atoms with E-state index >= 15 is 0 Å². The van der Waals surface area contributed by atoms with Crippen LogP contribution < -0.4 is 10.2 Å². The Kier molecular flexibility index (Phi) is 7.67. The van der Waals surface area contributed by atoms with Gasteiger partial charge < -0.3 is 20.1 Å². The van der Waals surface area contributed by atoms with E-state index in [1.807, 2.05) is 43.3 Å². The molecule has 2 fully saturated rings. The smallest absolute Gasteiger partial charge is 0.188 e. The van der Waals surface area contributed by atoms with E-state index in [0.29, 0.717) is 18.1 Å². The predicted octanol–water partition coefficient (Wildman–Crippen LogP) is 5.69. The van der Waals surface area contributed by atoms with Gasteiger partial charge in [0.15, 0.2) is 17.3 Å². The molecule has 5 rings (SSSR count). The molecule has 3 aromatic rings.